The Morgan fingerprint density at radius 2 is 1.90 bits per heavy atom. The molecule has 1 saturated heterocycles. The van der Waals surface area contributed by atoms with Crippen LogP contribution in [0.1, 0.15) is 17.7 Å². The zero-order chi connectivity index (χ0) is 27.6. The van der Waals surface area contributed by atoms with Crippen molar-refractivity contribution in [2.24, 2.45) is 0 Å². The number of hydrogen-bond acceptors (Lipinski definition) is 7. The summed E-state index contributed by atoms with van der Waals surface area (Å²) >= 11 is 0. The fourth-order valence-electron chi connectivity index (χ4n) is 4.63. The van der Waals surface area contributed by atoms with Crippen LogP contribution < -0.4 is 10.1 Å². The van der Waals surface area contributed by atoms with Crippen molar-refractivity contribution >= 4 is 28.7 Å². The first-order chi connectivity index (χ1) is 18.7. The number of nitrogens with zero attached hydrogens (tertiary/aromatic N) is 5. The Kier molecular flexibility index (Phi) is 7.38. The highest BCUT2D eigenvalue weighted by Gasteiger charge is 2.34. The molecule has 4 heterocycles. The van der Waals surface area contributed by atoms with E-state index in [1.54, 1.807) is 19.5 Å². The molecular formula is C27H28F3N7O2. The molecule has 12 heteroatoms. The van der Waals surface area contributed by atoms with Gasteiger partial charge in [0.15, 0.2) is 0 Å². The number of carbonyl (C=O) groups excluding carboxylic acids is 1. The molecule has 0 spiro atoms. The Hall–Kier alpha value is -4.19. The lowest BCUT2D eigenvalue weighted by Crippen LogP contribution is -2.49. The van der Waals surface area contributed by atoms with Gasteiger partial charge in [-0.2, -0.15) is 13.2 Å². The summed E-state index contributed by atoms with van der Waals surface area (Å²) in [5, 5.41) is 3.22. The zero-order valence-electron chi connectivity index (χ0n) is 21.5. The summed E-state index contributed by atoms with van der Waals surface area (Å²) in [5.74, 6) is 0.970. The van der Waals surface area contributed by atoms with Crippen LogP contribution in [-0.2, 0) is 11.3 Å². The molecule has 3 aromatic heterocycles. The normalized spacial score (nSPS) is 14.5. The van der Waals surface area contributed by atoms with Gasteiger partial charge in [0.05, 0.1) is 24.3 Å². The summed E-state index contributed by atoms with van der Waals surface area (Å²) in [6.07, 6.45) is -2.49. The minimum atomic E-state index is -4.48. The number of pyridine rings is 2. The van der Waals surface area contributed by atoms with E-state index in [0.29, 0.717) is 37.1 Å². The number of amides is 1. The van der Waals surface area contributed by atoms with Crippen molar-refractivity contribution in [3.05, 3.63) is 60.0 Å². The predicted molar refractivity (Wildman–Crippen MR) is 141 cm³/mol. The fraction of sp³-hybridized carbons (Fsp3) is 0.333. The minimum absolute atomic E-state index is 0.275. The van der Waals surface area contributed by atoms with E-state index in [0.717, 1.165) is 33.4 Å². The molecule has 1 aromatic carbocycles. The Bertz CT molecular complexity index is 1480. The third-order valence-corrected chi connectivity index (χ3v) is 6.57. The summed E-state index contributed by atoms with van der Waals surface area (Å²) in [6, 6.07) is 11.7. The molecule has 1 fully saturated rings. The molecule has 0 bridgehead atoms. The van der Waals surface area contributed by atoms with Crippen molar-refractivity contribution in [3.8, 4) is 16.9 Å². The van der Waals surface area contributed by atoms with E-state index in [9.17, 15) is 18.0 Å². The van der Waals surface area contributed by atoms with Crippen molar-refractivity contribution in [2.75, 3.05) is 38.6 Å². The number of rotatable bonds is 7. The molecular weight excluding hydrogens is 511 g/mol. The molecule has 1 aliphatic rings. The summed E-state index contributed by atoms with van der Waals surface area (Å²) < 4.78 is 43.1. The van der Waals surface area contributed by atoms with Gasteiger partial charge >= 0.3 is 6.18 Å². The average Bonchev–Trinajstić information content (AvgIpc) is 3.29. The smallest absolute Gasteiger partial charge is 0.397 e. The van der Waals surface area contributed by atoms with Gasteiger partial charge in [-0.3, -0.25) is 14.7 Å². The van der Waals surface area contributed by atoms with Crippen LogP contribution >= 0.6 is 0 Å². The topological polar surface area (TPSA) is 99.3 Å². The number of ether oxygens (including phenoxy) is 1. The highest BCUT2D eigenvalue weighted by Crippen LogP contribution is 2.32. The number of nitrogens with one attached hydrogen (secondary N) is 2. The SMILES string of the molecule is COc1cnc(C)cc1-c1ccc2nc(Nc3cc(CN4CCN(C(=O)CC(F)(F)F)CC4)ccn3)[nH]c2c1. The molecule has 4 aromatic rings. The van der Waals surface area contributed by atoms with Gasteiger partial charge in [0.1, 0.15) is 18.0 Å². The third-order valence-electron chi connectivity index (χ3n) is 6.57. The average molecular weight is 540 g/mol. The van der Waals surface area contributed by atoms with Crippen molar-refractivity contribution in [1.82, 2.24) is 29.7 Å². The number of H-pyrrole nitrogens is 1. The number of aryl methyl sites for hydroxylation is 1. The van der Waals surface area contributed by atoms with Crippen LogP contribution in [0.25, 0.3) is 22.2 Å². The van der Waals surface area contributed by atoms with Crippen LogP contribution in [0.3, 0.4) is 0 Å². The number of piperazine rings is 1. The molecule has 204 valence electrons. The highest BCUT2D eigenvalue weighted by atomic mass is 19.4. The second-order valence-electron chi connectivity index (χ2n) is 9.47. The lowest BCUT2D eigenvalue weighted by atomic mass is 10.0. The number of aromatic nitrogens is 4. The fourth-order valence-corrected chi connectivity index (χ4v) is 4.63. The first-order valence-corrected chi connectivity index (χ1v) is 12.5. The maximum Gasteiger partial charge on any atom is 0.397 e. The Labute approximate surface area is 223 Å². The first kappa shape index (κ1) is 26.4. The van der Waals surface area contributed by atoms with E-state index in [4.69, 9.17) is 4.74 Å². The molecule has 0 saturated carbocycles. The van der Waals surface area contributed by atoms with E-state index in [1.165, 1.54) is 4.90 Å². The Balaban J connectivity index is 1.23. The quantitative estimate of drug-likeness (QED) is 0.352. The number of carbonyl (C=O) groups is 1. The number of imidazole rings is 1. The monoisotopic (exact) mass is 539 g/mol. The largest absolute Gasteiger partial charge is 0.494 e. The number of halogens is 3. The molecule has 0 radical (unpaired) electrons. The molecule has 2 N–H and O–H groups in total. The van der Waals surface area contributed by atoms with Gasteiger partial charge in [0, 0.05) is 50.2 Å². The van der Waals surface area contributed by atoms with Crippen molar-refractivity contribution in [1.29, 1.82) is 0 Å². The summed E-state index contributed by atoms with van der Waals surface area (Å²) in [7, 11) is 1.62. The number of hydrogen-bond donors (Lipinski definition) is 2. The molecule has 1 amide bonds. The molecule has 0 aliphatic carbocycles. The van der Waals surface area contributed by atoms with Crippen LogP contribution in [0.15, 0.2) is 48.8 Å². The Morgan fingerprint density at radius 1 is 1.10 bits per heavy atom. The van der Waals surface area contributed by atoms with E-state index in [-0.39, 0.29) is 13.1 Å². The van der Waals surface area contributed by atoms with Crippen molar-refractivity contribution < 1.29 is 22.7 Å². The van der Waals surface area contributed by atoms with E-state index >= 15 is 0 Å². The Morgan fingerprint density at radius 3 is 2.64 bits per heavy atom. The summed E-state index contributed by atoms with van der Waals surface area (Å²) in [5.41, 5.74) is 5.43. The molecule has 5 rings (SSSR count). The second kappa shape index (κ2) is 10.9. The van der Waals surface area contributed by atoms with Gasteiger partial charge in [-0.25, -0.2) is 9.97 Å². The number of alkyl halides is 3. The second-order valence-corrected chi connectivity index (χ2v) is 9.47. The number of fused-ring (bicyclic) bond motifs is 1. The summed E-state index contributed by atoms with van der Waals surface area (Å²) in [4.78, 5) is 31.8. The van der Waals surface area contributed by atoms with Gasteiger partial charge in [0.2, 0.25) is 11.9 Å². The van der Waals surface area contributed by atoms with Crippen LogP contribution in [0.5, 0.6) is 5.75 Å². The summed E-state index contributed by atoms with van der Waals surface area (Å²) in [6.45, 7) is 4.08. The third kappa shape index (κ3) is 6.45. The lowest BCUT2D eigenvalue weighted by Gasteiger charge is -2.35. The molecule has 39 heavy (non-hydrogen) atoms. The maximum absolute atomic E-state index is 12.5. The number of aromatic amines is 1. The van der Waals surface area contributed by atoms with Crippen LogP contribution in [0, 0.1) is 6.92 Å². The van der Waals surface area contributed by atoms with Crippen molar-refractivity contribution in [3.63, 3.8) is 0 Å². The standard InChI is InChI=1S/C27H28F3N7O2/c1-17-11-20(23(39-2)15-32-17)19-3-4-21-22(13-19)34-26(33-21)35-24-12-18(5-6-31-24)16-36-7-9-37(10-8-36)25(38)14-27(28,29)30/h3-6,11-13,15H,7-10,14,16H2,1-2H3,(H2,31,33,34,35). The molecule has 1 aliphatic heterocycles. The van der Waals surface area contributed by atoms with Gasteiger partial charge < -0.3 is 19.9 Å². The van der Waals surface area contributed by atoms with Gasteiger partial charge in [-0.05, 0) is 48.4 Å². The number of benzene rings is 1. The number of anilines is 2. The van der Waals surface area contributed by atoms with E-state index in [2.05, 4.69) is 30.2 Å². The van der Waals surface area contributed by atoms with Crippen LogP contribution in [0.4, 0.5) is 24.9 Å². The first-order valence-electron chi connectivity index (χ1n) is 12.5. The predicted octanol–water partition coefficient (Wildman–Crippen LogP) is 4.68. The van der Waals surface area contributed by atoms with E-state index in [1.807, 2.05) is 43.3 Å². The molecule has 0 unspecified atom stereocenters. The van der Waals surface area contributed by atoms with Gasteiger partial charge in [-0.15, -0.1) is 0 Å². The van der Waals surface area contributed by atoms with Crippen molar-refractivity contribution in [2.45, 2.75) is 26.1 Å². The molecule has 9 nitrogen and oxygen atoms in total. The lowest BCUT2D eigenvalue weighted by molar-refractivity contribution is -0.162. The molecule has 0 atom stereocenters. The number of methoxy groups -OCH3 is 1. The van der Waals surface area contributed by atoms with Gasteiger partial charge in [-0.1, -0.05) is 6.07 Å². The van der Waals surface area contributed by atoms with Gasteiger partial charge in [0.25, 0.3) is 0 Å². The minimum Gasteiger partial charge on any atom is -0.494 e. The van der Waals surface area contributed by atoms with E-state index < -0.39 is 18.5 Å². The van der Waals surface area contributed by atoms with Crippen LogP contribution in [0.2, 0.25) is 0 Å². The zero-order valence-corrected chi connectivity index (χ0v) is 21.5. The maximum atomic E-state index is 12.5. The highest BCUT2D eigenvalue weighted by molar-refractivity contribution is 5.85. The van der Waals surface area contributed by atoms with Crippen LogP contribution in [-0.4, -0.2) is 75.1 Å².